The third-order valence-electron chi connectivity index (χ3n) is 5.72. The van der Waals surface area contributed by atoms with Crippen molar-refractivity contribution in [3.05, 3.63) is 0 Å². The van der Waals surface area contributed by atoms with Crippen molar-refractivity contribution in [2.75, 3.05) is 45.8 Å². The Kier molecular flexibility index (Phi) is 5.23. The largest absolute Gasteiger partial charge is 0.340 e. The van der Waals surface area contributed by atoms with Gasteiger partial charge in [-0.1, -0.05) is 6.92 Å². The van der Waals surface area contributed by atoms with Crippen LogP contribution in [-0.4, -0.2) is 78.5 Å². The molecule has 1 N–H and O–H groups in total. The van der Waals surface area contributed by atoms with Gasteiger partial charge in [0.1, 0.15) is 6.04 Å². The quantitative estimate of drug-likeness (QED) is 0.723. The van der Waals surface area contributed by atoms with E-state index in [-0.39, 0.29) is 17.9 Å². The average molecular weight is 330 g/mol. The Morgan fingerprint density at radius 1 is 1.25 bits per heavy atom. The van der Waals surface area contributed by atoms with Crippen molar-refractivity contribution < 1.29 is 4.79 Å². The molecule has 3 unspecified atom stereocenters. The highest BCUT2D eigenvalue weighted by atomic mass is 16.2. The molecule has 0 bridgehead atoms. The fourth-order valence-electron chi connectivity index (χ4n) is 4.11. The van der Waals surface area contributed by atoms with E-state index in [0.29, 0.717) is 18.5 Å². The summed E-state index contributed by atoms with van der Waals surface area (Å²) in [5.74, 6) is 0.660. The normalized spacial score (nSPS) is 32.6. The zero-order valence-corrected chi connectivity index (χ0v) is 14.3. The van der Waals surface area contributed by atoms with Gasteiger partial charge in [0.2, 0.25) is 5.91 Å². The van der Waals surface area contributed by atoms with Crippen LogP contribution in [0.1, 0.15) is 19.8 Å². The minimum Gasteiger partial charge on any atom is -0.340 e. The highest BCUT2D eigenvalue weighted by Crippen LogP contribution is 2.22. The summed E-state index contributed by atoms with van der Waals surface area (Å²) >= 11 is 0. The van der Waals surface area contributed by atoms with Gasteiger partial charge in [0.25, 0.3) is 0 Å². The summed E-state index contributed by atoms with van der Waals surface area (Å²) in [6.45, 7) is 7.42. The van der Waals surface area contributed by atoms with E-state index in [2.05, 4.69) is 29.4 Å². The van der Waals surface area contributed by atoms with Gasteiger partial charge >= 0.3 is 0 Å². The van der Waals surface area contributed by atoms with Gasteiger partial charge in [-0.15, -0.1) is 0 Å². The molecule has 0 saturated carbocycles. The highest BCUT2D eigenvalue weighted by molar-refractivity contribution is 5.83. The lowest BCUT2D eigenvalue weighted by molar-refractivity contribution is -0.145. The van der Waals surface area contributed by atoms with Crippen molar-refractivity contribution in [2.45, 2.75) is 31.8 Å². The fourth-order valence-corrected chi connectivity index (χ4v) is 4.11. The van der Waals surface area contributed by atoms with Gasteiger partial charge in [-0.05, 0) is 18.8 Å². The van der Waals surface area contributed by atoms with Crippen molar-refractivity contribution >= 4 is 5.91 Å². The first-order valence-electron chi connectivity index (χ1n) is 8.93. The molecular weight excluding hydrogens is 304 g/mol. The predicted octanol–water partition coefficient (Wildman–Crippen LogP) is -0.176. The summed E-state index contributed by atoms with van der Waals surface area (Å²) in [6.07, 6.45) is 4.12. The van der Waals surface area contributed by atoms with Crippen molar-refractivity contribution in [1.82, 2.24) is 20.0 Å². The molecule has 3 aliphatic heterocycles. The molecule has 3 aliphatic rings. The lowest BCUT2D eigenvalue weighted by Gasteiger charge is -2.46. The number of nitriles is 2. The van der Waals surface area contributed by atoms with Crippen molar-refractivity contribution in [3.63, 3.8) is 0 Å². The van der Waals surface area contributed by atoms with Crippen LogP contribution >= 0.6 is 0 Å². The van der Waals surface area contributed by atoms with Crippen LogP contribution in [0.4, 0.5) is 0 Å². The molecule has 0 aromatic heterocycles. The van der Waals surface area contributed by atoms with E-state index in [9.17, 15) is 4.79 Å². The van der Waals surface area contributed by atoms with E-state index < -0.39 is 0 Å². The summed E-state index contributed by atoms with van der Waals surface area (Å²) in [4.78, 5) is 18.7. The Morgan fingerprint density at radius 3 is 2.71 bits per heavy atom. The summed E-state index contributed by atoms with van der Waals surface area (Å²) < 4.78 is 0. The molecule has 3 saturated heterocycles. The minimum absolute atomic E-state index is 0.123. The van der Waals surface area contributed by atoms with Gasteiger partial charge in [0.05, 0.1) is 18.5 Å². The standard InChI is InChI=1S/C17H26N6O/c1-13(15-3-2-14(8-18)9-20-15)10-23-7-6-22-5-4-21(12-19)11-16(22)17(23)24/h13-16,20H,2-7,9-11H2,1H3/t13?,14?,15?,16-/m1/s1. The topological polar surface area (TPSA) is 86.4 Å². The number of piperazine rings is 2. The smallest absolute Gasteiger partial charge is 0.241 e. The monoisotopic (exact) mass is 330 g/mol. The van der Waals surface area contributed by atoms with Crippen molar-refractivity contribution in [1.29, 1.82) is 10.5 Å². The number of carbonyl (C=O) groups excluding carboxylic acids is 1. The Labute approximate surface area is 143 Å². The molecule has 1 amide bonds. The van der Waals surface area contributed by atoms with Gasteiger partial charge in [0.15, 0.2) is 6.19 Å². The van der Waals surface area contributed by atoms with Crippen molar-refractivity contribution in [3.8, 4) is 12.3 Å². The summed E-state index contributed by atoms with van der Waals surface area (Å²) in [7, 11) is 0. The Hall–Kier alpha value is -1.83. The molecule has 0 aliphatic carbocycles. The van der Waals surface area contributed by atoms with E-state index >= 15 is 0 Å². The molecule has 7 nitrogen and oxygen atoms in total. The first-order chi connectivity index (χ1) is 11.6. The van der Waals surface area contributed by atoms with E-state index in [4.69, 9.17) is 10.5 Å². The van der Waals surface area contributed by atoms with Gasteiger partial charge in [-0.2, -0.15) is 10.5 Å². The number of rotatable bonds is 3. The van der Waals surface area contributed by atoms with Gasteiger partial charge in [0, 0.05) is 45.3 Å². The van der Waals surface area contributed by atoms with E-state index in [1.807, 2.05) is 4.90 Å². The average Bonchev–Trinajstić information content (AvgIpc) is 2.63. The molecular formula is C17H26N6O. The fraction of sp³-hybridized carbons (Fsp3) is 0.824. The maximum atomic E-state index is 12.8. The van der Waals surface area contributed by atoms with Crippen LogP contribution in [0.2, 0.25) is 0 Å². The third-order valence-corrected chi connectivity index (χ3v) is 5.72. The maximum absolute atomic E-state index is 12.8. The first kappa shape index (κ1) is 17.0. The highest BCUT2D eigenvalue weighted by Gasteiger charge is 2.39. The number of carbonyl (C=O) groups is 1. The van der Waals surface area contributed by atoms with E-state index in [1.165, 1.54) is 0 Å². The number of fused-ring (bicyclic) bond motifs is 1. The molecule has 130 valence electrons. The number of amides is 1. The second-order valence-corrected chi connectivity index (χ2v) is 7.28. The van der Waals surface area contributed by atoms with Crippen LogP contribution in [0, 0.1) is 34.6 Å². The molecule has 24 heavy (non-hydrogen) atoms. The Balaban J connectivity index is 1.55. The second kappa shape index (κ2) is 7.38. The summed E-state index contributed by atoms with van der Waals surface area (Å²) in [5, 5.41) is 21.6. The van der Waals surface area contributed by atoms with Crippen LogP contribution in [-0.2, 0) is 4.79 Å². The second-order valence-electron chi connectivity index (χ2n) is 7.28. The predicted molar refractivity (Wildman–Crippen MR) is 88.4 cm³/mol. The number of hydrogen-bond acceptors (Lipinski definition) is 6. The number of hydrogen-bond donors (Lipinski definition) is 1. The number of piperidine rings is 1. The van der Waals surface area contributed by atoms with Crippen molar-refractivity contribution in [2.24, 2.45) is 11.8 Å². The molecule has 4 atom stereocenters. The van der Waals surface area contributed by atoms with E-state index in [1.54, 1.807) is 4.90 Å². The lowest BCUT2D eigenvalue weighted by Crippen LogP contribution is -2.64. The van der Waals surface area contributed by atoms with Gasteiger partial charge in [-0.3, -0.25) is 9.69 Å². The summed E-state index contributed by atoms with van der Waals surface area (Å²) in [5.41, 5.74) is 0. The van der Waals surface area contributed by atoms with Crippen LogP contribution in [0.25, 0.3) is 0 Å². The third kappa shape index (κ3) is 3.48. The maximum Gasteiger partial charge on any atom is 0.241 e. The molecule has 0 spiro atoms. The molecule has 0 aromatic carbocycles. The Morgan fingerprint density at radius 2 is 2.04 bits per heavy atom. The van der Waals surface area contributed by atoms with E-state index in [0.717, 1.165) is 52.1 Å². The molecule has 0 aromatic rings. The number of nitrogens with zero attached hydrogens (tertiary/aromatic N) is 5. The molecule has 3 rings (SSSR count). The minimum atomic E-state index is -0.165. The number of nitrogens with one attached hydrogen (secondary N) is 1. The molecule has 0 radical (unpaired) electrons. The SMILES string of the molecule is CC(CN1CCN2CCN(C#N)C[C@@H]2C1=O)C1CCC(C#N)CN1. The van der Waals surface area contributed by atoms with Crippen LogP contribution in [0.15, 0.2) is 0 Å². The molecule has 3 heterocycles. The summed E-state index contributed by atoms with van der Waals surface area (Å²) in [6, 6.07) is 2.54. The zero-order valence-electron chi connectivity index (χ0n) is 14.3. The molecule has 7 heteroatoms. The van der Waals surface area contributed by atoms with Gasteiger partial charge < -0.3 is 15.1 Å². The zero-order chi connectivity index (χ0) is 17.1. The van der Waals surface area contributed by atoms with Gasteiger partial charge in [-0.25, -0.2) is 0 Å². The van der Waals surface area contributed by atoms with Crippen LogP contribution in [0.3, 0.4) is 0 Å². The van der Waals surface area contributed by atoms with Crippen LogP contribution < -0.4 is 5.32 Å². The molecule has 3 fully saturated rings. The Bertz CT molecular complexity index is 544. The lowest BCUT2D eigenvalue weighted by atomic mass is 9.88. The van der Waals surface area contributed by atoms with Crippen LogP contribution in [0.5, 0.6) is 0 Å². The first-order valence-corrected chi connectivity index (χ1v) is 8.93.